The van der Waals surface area contributed by atoms with Crippen molar-refractivity contribution in [1.29, 1.82) is 5.41 Å². The van der Waals surface area contributed by atoms with Crippen molar-refractivity contribution in [1.82, 2.24) is 5.32 Å². The molecular weight excluding hydrogens is 402 g/mol. The summed E-state index contributed by atoms with van der Waals surface area (Å²) in [4.78, 5) is 23.8. The van der Waals surface area contributed by atoms with E-state index in [1.54, 1.807) is 0 Å². The monoisotopic (exact) mass is 431 g/mol. The van der Waals surface area contributed by atoms with Crippen LogP contribution in [0.1, 0.15) is 42.4 Å². The van der Waals surface area contributed by atoms with E-state index in [1.807, 2.05) is 66.7 Å². The van der Waals surface area contributed by atoms with Crippen LogP contribution in [0.3, 0.4) is 0 Å². The Labute approximate surface area is 188 Å². The van der Waals surface area contributed by atoms with Gasteiger partial charge in [-0.05, 0) is 47.6 Å². The predicted octanol–water partition coefficient (Wildman–Crippen LogP) is 4.04. The molecule has 1 amide bonds. The summed E-state index contributed by atoms with van der Waals surface area (Å²) in [6.45, 7) is 0. The van der Waals surface area contributed by atoms with Gasteiger partial charge in [-0.2, -0.15) is 0 Å². The van der Waals surface area contributed by atoms with Crippen LogP contribution in [0.15, 0.2) is 66.7 Å². The lowest BCUT2D eigenvalue weighted by molar-refractivity contribution is -0.137. The van der Waals surface area contributed by atoms with Crippen molar-refractivity contribution in [3.63, 3.8) is 0 Å². The second kappa shape index (κ2) is 11.1. The Morgan fingerprint density at radius 1 is 0.969 bits per heavy atom. The van der Waals surface area contributed by atoms with Gasteiger partial charge in [-0.15, -0.1) is 0 Å². The molecule has 166 valence electrons. The molecule has 0 saturated carbocycles. The standard InChI is InChI=1S/C26H29N3O3/c27-26(28)20-14-12-18(13-15-20)6-1-4-11-24(30)29-22(17-25(31)32)16-21-9-5-8-19-7-2-3-10-23(19)21/h2-3,5,7-10,12-15,22H,1,4,6,11,16-17H2,(H3,27,28)(H,29,30)(H,31,32)/t22-/m1/s1. The number of benzene rings is 3. The van der Waals surface area contributed by atoms with Crippen molar-refractivity contribution in [3.8, 4) is 0 Å². The quantitative estimate of drug-likeness (QED) is 0.208. The molecule has 6 nitrogen and oxygen atoms in total. The molecule has 32 heavy (non-hydrogen) atoms. The fraction of sp³-hybridized carbons (Fsp3) is 0.269. The van der Waals surface area contributed by atoms with Gasteiger partial charge in [0.1, 0.15) is 5.84 Å². The van der Waals surface area contributed by atoms with Gasteiger partial charge in [-0.3, -0.25) is 15.0 Å². The number of unbranched alkanes of at least 4 members (excludes halogenated alkanes) is 1. The highest BCUT2D eigenvalue weighted by molar-refractivity contribution is 5.94. The molecule has 0 spiro atoms. The number of fused-ring (bicyclic) bond motifs is 1. The minimum Gasteiger partial charge on any atom is -0.481 e. The molecule has 1 atom stereocenters. The van der Waals surface area contributed by atoms with Gasteiger partial charge in [0.15, 0.2) is 0 Å². The summed E-state index contributed by atoms with van der Waals surface area (Å²) in [5, 5.41) is 21.8. The number of carboxylic acid groups (broad SMARTS) is 1. The van der Waals surface area contributed by atoms with E-state index >= 15 is 0 Å². The van der Waals surface area contributed by atoms with Crippen LogP contribution in [0.5, 0.6) is 0 Å². The lowest BCUT2D eigenvalue weighted by Gasteiger charge is -2.18. The molecule has 3 aromatic carbocycles. The predicted molar refractivity (Wildman–Crippen MR) is 127 cm³/mol. The summed E-state index contributed by atoms with van der Waals surface area (Å²) in [5.41, 5.74) is 8.33. The summed E-state index contributed by atoms with van der Waals surface area (Å²) in [6.07, 6.45) is 3.12. The third-order valence-electron chi connectivity index (χ3n) is 5.52. The highest BCUT2D eigenvalue weighted by Crippen LogP contribution is 2.20. The van der Waals surface area contributed by atoms with Crippen LogP contribution in [0.4, 0.5) is 0 Å². The second-order valence-corrected chi connectivity index (χ2v) is 8.02. The molecule has 0 saturated heterocycles. The van der Waals surface area contributed by atoms with E-state index < -0.39 is 12.0 Å². The molecule has 5 N–H and O–H groups in total. The van der Waals surface area contributed by atoms with Gasteiger partial charge in [0, 0.05) is 18.0 Å². The van der Waals surface area contributed by atoms with E-state index in [0.29, 0.717) is 24.8 Å². The van der Waals surface area contributed by atoms with Gasteiger partial charge in [-0.1, -0.05) is 66.7 Å². The molecular formula is C26H29N3O3. The van der Waals surface area contributed by atoms with E-state index in [4.69, 9.17) is 11.1 Å². The number of carbonyl (C=O) groups is 2. The molecule has 0 unspecified atom stereocenters. The number of nitrogen functional groups attached to an aromatic ring is 1. The number of hydrogen-bond donors (Lipinski definition) is 4. The molecule has 0 fully saturated rings. The number of amidine groups is 1. The molecule has 3 aromatic rings. The van der Waals surface area contributed by atoms with Crippen LogP contribution in [0.2, 0.25) is 0 Å². The number of amides is 1. The first-order valence-electron chi connectivity index (χ1n) is 10.8. The molecule has 6 heteroatoms. The molecule has 0 heterocycles. The van der Waals surface area contributed by atoms with Crippen molar-refractivity contribution in [2.24, 2.45) is 5.73 Å². The summed E-state index contributed by atoms with van der Waals surface area (Å²) >= 11 is 0. The summed E-state index contributed by atoms with van der Waals surface area (Å²) in [6, 6.07) is 21.0. The Morgan fingerprint density at radius 3 is 2.41 bits per heavy atom. The highest BCUT2D eigenvalue weighted by Gasteiger charge is 2.17. The number of nitrogens with one attached hydrogen (secondary N) is 2. The molecule has 3 rings (SSSR count). The number of rotatable bonds is 11. The van der Waals surface area contributed by atoms with Crippen LogP contribution in [-0.2, 0) is 22.4 Å². The average molecular weight is 432 g/mol. The summed E-state index contributed by atoms with van der Waals surface area (Å²) < 4.78 is 0. The number of nitrogens with two attached hydrogens (primary N) is 1. The first kappa shape index (κ1) is 23.0. The zero-order chi connectivity index (χ0) is 22.9. The zero-order valence-electron chi connectivity index (χ0n) is 18.0. The normalized spacial score (nSPS) is 11.8. The Balaban J connectivity index is 1.52. The number of carbonyl (C=O) groups excluding carboxylic acids is 1. The summed E-state index contributed by atoms with van der Waals surface area (Å²) in [7, 11) is 0. The van der Waals surface area contributed by atoms with Gasteiger partial charge in [0.2, 0.25) is 5.91 Å². The summed E-state index contributed by atoms with van der Waals surface area (Å²) in [5.74, 6) is -0.999. The fourth-order valence-electron chi connectivity index (χ4n) is 3.89. The zero-order valence-corrected chi connectivity index (χ0v) is 18.0. The average Bonchev–Trinajstić information content (AvgIpc) is 2.77. The van der Waals surface area contributed by atoms with E-state index in [1.165, 1.54) is 0 Å². The number of aliphatic carboxylic acids is 1. The van der Waals surface area contributed by atoms with Crippen LogP contribution in [-0.4, -0.2) is 28.9 Å². The Bertz CT molecular complexity index is 1090. The minimum atomic E-state index is -0.926. The molecule has 0 bridgehead atoms. The largest absolute Gasteiger partial charge is 0.481 e. The van der Waals surface area contributed by atoms with Gasteiger partial charge < -0.3 is 16.2 Å². The lowest BCUT2D eigenvalue weighted by atomic mass is 9.97. The molecule has 0 aliphatic rings. The van der Waals surface area contributed by atoms with Crippen molar-refractivity contribution in [2.45, 2.75) is 44.6 Å². The highest BCUT2D eigenvalue weighted by atomic mass is 16.4. The van der Waals surface area contributed by atoms with Crippen LogP contribution < -0.4 is 11.1 Å². The second-order valence-electron chi connectivity index (χ2n) is 8.02. The van der Waals surface area contributed by atoms with Gasteiger partial charge in [0.05, 0.1) is 6.42 Å². The molecule has 0 aliphatic carbocycles. The SMILES string of the molecule is N=C(N)c1ccc(CCCCC(=O)N[C@@H](CC(=O)O)Cc2cccc3ccccc23)cc1. The molecule has 0 radical (unpaired) electrons. The van der Waals surface area contributed by atoms with Crippen molar-refractivity contribution >= 4 is 28.5 Å². The Hall–Kier alpha value is -3.67. The minimum absolute atomic E-state index is 0.0487. The third kappa shape index (κ3) is 6.67. The maximum atomic E-state index is 12.5. The van der Waals surface area contributed by atoms with Gasteiger partial charge in [0.25, 0.3) is 0 Å². The van der Waals surface area contributed by atoms with Gasteiger partial charge in [-0.25, -0.2) is 0 Å². The maximum Gasteiger partial charge on any atom is 0.305 e. The Kier molecular flexibility index (Phi) is 7.97. The molecule has 0 aliphatic heterocycles. The first-order chi connectivity index (χ1) is 15.4. The lowest BCUT2D eigenvalue weighted by Crippen LogP contribution is -2.38. The third-order valence-corrected chi connectivity index (χ3v) is 5.52. The van der Waals surface area contributed by atoms with Crippen LogP contribution in [0.25, 0.3) is 10.8 Å². The van der Waals surface area contributed by atoms with Gasteiger partial charge >= 0.3 is 5.97 Å². The molecule has 0 aromatic heterocycles. The van der Waals surface area contributed by atoms with Crippen molar-refractivity contribution in [2.75, 3.05) is 0 Å². The fourth-order valence-corrected chi connectivity index (χ4v) is 3.89. The van der Waals surface area contributed by atoms with E-state index in [2.05, 4.69) is 5.32 Å². The van der Waals surface area contributed by atoms with Crippen LogP contribution >= 0.6 is 0 Å². The first-order valence-corrected chi connectivity index (χ1v) is 10.8. The van der Waals surface area contributed by atoms with Crippen molar-refractivity contribution < 1.29 is 14.7 Å². The number of aryl methyl sites for hydroxylation is 1. The van der Waals surface area contributed by atoms with Crippen molar-refractivity contribution in [3.05, 3.63) is 83.4 Å². The van der Waals surface area contributed by atoms with E-state index in [0.717, 1.165) is 34.7 Å². The van der Waals surface area contributed by atoms with Crippen LogP contribution in [0, 0.1) is 5.41 Å². The number of carboxylic acids is 1. The topological polar surface area (TPSA) is 116 Å². The van der Waals surface area contributed by atoms with E-state index in [9.17, 15) is 14.7 Å². The Morgan fingerprint density at radius 2 is 1.69 bits per heavy atom. The van der Waals surface area contributed by atoms with E-state index in [-0.39, 0.29) is 18.2 Å². The number of hydrogen-bond acceptors (Lipinski definition) is 3. The maximum absolute atomic E-state index is 12.5. The smallest absolute Gasteiger partial charge is 0.305 e.